The fourth-order valence-corrected chi connectivity index (χ4v) is 2.34. The first-order valence-corrected chi connectivity index (χ1v) is 7.00. The molecule has 0 aliphatic heterocycles. The van der Waals surface area contributed by atoms with Crippen LogP contribution in [0.3, 0.4) is 0 Å². The van der Waals surface area contributed by atoms with Crippen LogP contribution >= 0.6 is 0 Å². The molecule has 1 unspecified atom stereocenters. The van der Waals surface area contributed by atoms with Gasteiger partial charge in [0.1, 0.15) is 5.69 Å². The molecule has 1 aliphatic rings. The molecule has 4 heteroatoms. The lowest BCUT2D eigenvalue weighted by Crippen LogP contribution is -2.35. The van der Waals surface area contributed by atoms with Crippen molar-refractivity contribution in [3.63, 3.8) is 0 Å². The van der Waals surface area contributed by atoms with Crippen LogP contribution in [-0.4, -0.2) is 28.2 Å². The van der Waals surface area contributed by atoms with E-state index in [9.17, 15) is 9.90 Å². The van der Waals surface area contributed by atoms with Crippen LogP contribution in [0.2, 0.25) is 0 Å². The normalized spacial score (nSPS) is 17.3. The average Bonchev–Trinajstić information content (AvgIpc) is 3.01. The van der Waals surface area contributed by atoms with Gasteiger partial charge in [0.05, 0.1) is 6.10 Å². The van der Waals surface area contributed by atoms with Crippen LogP contribution in [-0.2, 0) is 0 Å². The molecule has 2 rings (SSSR count). The summed E-state index contributed by atoms with van der Waals surface area (Å²) < 4.78 is 2.03. The van der Waals surface area contributed by atoms with Crippen LogP contribution in [0.5, 0.6) is 0 Å². The lowest BCUT2D eigenvalue weighted by molar-refractivity contribution is 0.0860. The van der Waals surface area contributed by atoms with Crippen molar-refractivity contribution >= 4 is 5.91 Å². The molecule has 0 aromatic carbocycles. The van der Waals surface area contributed by atoms with E-state index >= 15 is 0 Å². The van der Waals surface area contributed by atoms with Gasteiger partial charge in [0, 0.05) is 18.8 Å². The molecule has 4 nitrogen and oxygen atoms in total. The van der Waals surface area contributed by atoms with E-state index in [4.69, 9.17) is 0 Å². The standard InChI is InChI=1S/C15H24N2O2/c1-15(2,3)9-12(18)10-16-14(19)13-5-4-8-17(13)11-6-7-11/h4-5,8,11-12,18H,6-7,9-10H2,1-3H3,(H,16,19). The third kappa shape index (κ3) is 4.10. The highest BCUT2D eigenvalue weighted by Crippen LogP contribution is 2.35. The first-order valence-electron chi connectivity index (χ1n) is 7.00. The highest BCUT2D eigenvalue weighted by molar-refractivity contribution is 5.92. The molecule has 1 saturated carbocycles. The van der Waals surface area contributed by atoms with E-state index in [-0.39, 0.29) is 11.3 Å². The van der Waals surface area contributed by atoms with E-state index in [1.54, 1.807) is 0 Å². The summed E-state index contributed by atoms with van der Waals surface area (Å²) in [4.78, 5) is 12.1. The van der Waals surface area contributed by atoms with Gasteiger partial charge < -0.3 is 15.0 Å². The molecular weight excluding hydrogens is 240 g/mol. The van der Waals surface area contributed by atoms with Crippen LogP contribution in [0.25, 0.3) is 0 Å². The monoisotopic (exact) mass is 264 g/mol. The highest BCUT2D eigenvalue weighted by Gasteiger charge is 2.27. The zero-order chi connectivity index (χ0) is 14.0. The molecule has 0 bridgehead atoms. The molecule has 0 spiro atoms. The second-order valence-corrected chi connectivity index (χ2v) is 6.66. The van der Waals surface area contributed by atoms with E-state index in [1.165, 1.54) is 0 Å². The summed E-state index contributed by atoms with van der Waals surface area (Å²) in [5, 5.41) is 12.7. The topological polar surface area (TPSA) is 54.3 Å². The van der Waals surface area contributed by atoms with E-state index in [1.807, 2.05) is 22.9 Å². The third-order valence-corrected chi connectivity index (χ3v) is 3.30. The number of nitrogens with zero attached hydrogens (tertiary/aromatic N) is 1. The Bertz CT molecular complexity index is 441. The number of nitrogens with one attached hydrogen (secondary N) is 1. The number of aromatic nitrogens is 1. The second kappa shape index (κ2) is 5.37. The minimum Gasteiger partial charge on any atom is -0.391 e. The van der Waals surface area contributed by atoms with Gasteiger partial charge in [-0.25, -0.2) is 0 Å². The van der Waals surface area contributed by atoms with Crippen molar-refractivity contribution in [2.75, 3.05) is 6.54 Å². The Kier molecular flexibility index (Phi) is 3.99. The minimum atomic E-state index is -0.492. The molecule has 1 atom stereocenters. The van der Waals surface area contributed by atoms with Crippen LogP contribution in [0.4, 0.5) is 0 Å². The number of rotatable bonds is 5. The highest BCUT2D eigenvalue weighted by atomic mass is 16.3. The van der Waals surface area contributed by atoms with Crippen molar-refractivity contribution in [3.8, 4) is 0 Å². The predicted octanol–water partition coefficient (Wildman–Crippen LogP) is 2.35. The Hall–Kier alpha value is -1.29. The molecule has 1 aliphatic carbocycles. The summed E-state index contributed by atoms with van der Waals surface area (Å²) in [7, 11) is 0. The van der Waals surface area contributed by atoms with Crippen molar-refractivity contribution in [3.05, 3.63) is 24.0 Å². The van der Waals surface area contributed by atoms with Gasteiger partial charge in [-0.05, 0) is 36.8 Å². The van der Waals surface area contributed by atoms with Gasteiger partial charge in [0.15, 0.2) is 0 Å². The van der Waals surface area contributed by atoms with Gasteiger partial charge in [-0.1, -0.05) is 20.8 Å². The van der Waals surface area contributed by atoms with Crippen molar-refractivity contribution < 1.29 is 9.90 Å². The number of aliphatic hydroxyl groups excluding tert-OH is 1. The summed E-state index contributed by atoms with van der Waals surface area (Å²) in [6, 6.07) is 4.23. The SMILES string of the molecule is CC(C)(C)CC(O)CNC(=O)c1cccn1C1CC1. The van der Waals surface area contributed by atoms with Crippen LogP contribution in [0.1, 0.15) is 56.6 Å². The Morgan fingerprint density at radius 3 is 2.79 bits per heavy atom. The maximum absolute atomic E-state index is 12.1. The molecule has 2 N–H and O–H groups in total. The first kappa shape index (κ1) is 14.1. The maximum atomic E-state index is 12.1. The van der Waals surface area contributed by atoms with Crippen LogP contribution in [0, 0.1) is 5.41 Å². The fraction of sp³-hybridized carbons (Fsp3) is 0.667. The number of aliphatic hydroxyl groups is 1. The molecule has 0 saturated heterocycles. The Morgan fingerprint density at radius 1 is 1.53 bits per heavy atom. The number of hydrogen-bond donors (Lipinski definition) is 2. The number of carbonyl (C=O) groups excluding carboxylic acids is 1. The van der Waals surface area contributed by atoms with Crippen LogP contribution in [0.15, 0.2) is 18.3 Å². The third-order valence-electron chi connectivity index (χ3n) is 3.30. The lowest BCUT2D eigenvalue weighted by atomic mass is 9.89. The summed E-state index contributed by atoms with van der Waals surface area (Å²) in [6.45, 7) is 6.55. The van der Waals surface area contributed by atoms with Crippen molar-refractivity contribution in [1.82, 2.24) is 9.88 Å². The summed E-state index contributed by atoms with van der Waals surface area (Å²) in [6.07, 6.45) is 4.45. The summed E-state index contributed by atoms with van der Waals surface area (Å²) in [5.41, 5.74) is 0.767. The van der Waals surface area contributed by atoms with Gasteiger partial charge in [-0.3, -0.25) is 4.79 Å². The molecule has 1 heterocycles. The van der Waals surface area contributed by atoms with Crippen molar-refractivity contribution in [2.45, 2.75) is 52.2 Å². The Labute approximate surface area is 114 Å². The second-order valence-electron chi connectivity index (χ2n) is 6.66. The van der Waals surface area contributed by atoms with Gasteiger partial charge in [0.25, 0.3) is 5.91 Å². The van der Waals surface area contributed by atoms with Gasteiger partial charge in [0.2, 0.25) is 0 Å². The quantitative estimate of drug-likeness (QED) is 0.857. The number of amides is 1. The van der Waals surface area contributed by atoms with E-state index in [2.05, 4.69) is 26.1 Å². The molecule has 0 radical (unpaired) electrons. The van der Waals surface area contributed by atoms with Crippen molar-refractivity contribution in [1.29, 1.82) is 0 Å². The average molecular weight is 264 g/mol. The zero-order valence-corrected chi connectivity index (χ0v) is 12.0. The largest absolute Gasteiger partial charge is 0.391 e. The molecule has 1 amide bonds. The van der Waals surface area contributed by atoms with E-state index < -0.39 is 6.10 Å². The minimum absolute atomic E-state index is 0.0678. The molecule has 1 fully saturated rings. The van der Waals surface area contributed by atoms with E-state index in [0.29, 0.717) is 24.7 Å². The predicted molar refractivity (Wildman–Crippen MR) is 75.1 cm³/mol. The Balaban J connectivity index is 1.85. The number of hydrogen-bond acceptors (Lipinski definition) is 2. The van der Waals surface area contributed by atoms with Gasteiger partial charge in [-0.15, -0.1) is 0 Å². The van der Waals surface area contributed by atoms with Crippen LogP contribution < -0.4 is 5.32 Å². The summed E-state index contributed by atoms with van der Waals surface area (Å²) >= 11 is 0. The molecule has 1 aromatic heterocycles. The fourth-order valence-electron chi connectivity index (χ4n) is 2.34. The summed E-state index contributed by atoms with van der Waals surface area (Å²) in [5.74, 6) is -0.0927. The Morgan fingerprint density at radius 2 is 2.21 bits per heavy atom. The maximum Gasteiger partial charge on any atom is 0.268 e. The number of carbonyl (C=O) groups is 1. The van der Waals surface area contributed by atoms with Gasteiger partial charge >= 0.3 is 0 Å². The van der Waals surface area contributed by atoms with E-state index in [0.717, 1.165) is 12.8 Å². The first-order chi connectivity index (χ1) is 8.87. The smallest absolute Gasteiger partial charge is 0.268 e. The van der Waals surface area contributed by atoms with Gasteiger partial charge in [-0.2, -0.15) is 0 Å². The lowest BCUT2D eigenvalue weighted by Gasteiger charge is -2.22. The molecule has 19 heavy (non-hydrogen) atoms. The zero-order valence-electron chi connectivity index (χ0n) is 12.0. The van der Waals surface area contributed by atoms with Crippen molar-refractivity contribution in [2.24, 2.45) is 5.41 Å². The molecule has 106 valence electrons. The molecular formula is C15H24N2O2. The molecule has 1 aromatic rings.